The molecule has 8 heavy (non-hydrogen) atoms. The summed E-state index contributed by atoms with van der Waals surface area (Å²) in [6, 6.07) is 1.16. The molecular weight excluding hydrogens is 132 g/mol. The molecule has 0 amide bonds. The van der Waals surface area contributed by atoms with Crippen molar-refractivity contribution in [2.45, 2.75) is 25.7 Å². The predicted octanol–water partition coefficient (Wildman–Crippen LogP) is 2.48. The second kappa shape index (κ2) is 3.18. The van der Waals surface area contributed by atoms with Gasteiger partial charge in [0.25, 0.3) is 0 Å². The fourth-order valence-corrected chi connectivity index (χ4v) is 1.29. The summed E-state index contributed by atoms with van der Waals surface area (Å²) in [5, 5.41) is 2.62. The molecule has 0 nitrogen and oxygen atoms in total. The fraction of sp³-hybridized carbons (Fsp3) is 0.667. The average molecular weight is 144 g/mol. The van der Waals surface area contributed by atoms with Gasteiger partial charge in [0.2, 0.25) is 0 Å². The molecule has 0 spiro atoms. The summed E-state index contributed by atoms with van der Waals surface area (Å²) in [6.45, 7) is 6.95. The highest BCUT2D eigenvalue weighted by Gasteiger charge is 2.08. The summed E-state index contributed by atoms with van der Waals surface area (Å²) in [4.78, 5) is 0. The van der Waals surface area contributed by atoms with Crippen molar-refractivity contribution in [2.75, 3.05) is 0 Å². The van der Waals surface area contributed by atoms with Gasteiger partial charge in [-0.15, -0.1) is 0 Å². The van der Waals surface area contributed by atoms with Crippen LogP contribution in [0.1, 0.15) is 0 Å². The summed E-state index contributed by atoms with van der Waals surface area (Å²) >= 11 is 4.54. The van der Waals surface area contributed by atoms with E-state index in [0.29, 0.717) is 0 Å². The number of allylic oxidation sites excluding steroid dienone is 1. The predicted molar refractivity (Wildman–Crippen MR) is 45.3 cm³/mol. The molecule has 2 heteroatoms. The molecule has 0 saturated carbocycles. The number of hydrogen-bond acceptors (Lipinski definition) is 1. The number of thiocarbonyl (C=S) groups is 1. The zero-order valence-electron chi connectivity index (χ0n) is 5.69. The van der Waals surface area contributed by atoms with Crippen molar-refractivity contribution in [2.24, 2.45) is 0 Å². The Morgan fingerprint density at radius 1 is 1.50 bits per heavy atom. The third kappa shape index (κ3) is 6.09. The molecule has 0 heterocycles. The van der Waals surface area contributed by atoms with Crippen LogP contribution in [0.5, 0.6) is 0 Å². The first-order valence-corrected chi connectivity index (χ1v) is 6.87. The lowest BCUT2D eigenvalue weighted by molar-refractivity contribution is 1.54. The van der Waals surface area contributed by atoms with Gasteiger partial charge in [-0.2, -0.15) is 0 Å². The quantitative estimate of drug-likeness (QED) is 0.424. The first-order chi connectivity index (χ1) is 3.56. The Morgan fingerprint density at radius 2 is 2.00 bits per heavy atom. The highest BCUT2D eigenvalue weighted by molar-refractivity contribution is 7.78. The van der Waals surface area contributed by atoms with Gasteiger partial charge in [-0.25, -0.2) is 0 Å². The zero-order chi connectivity index (χ0) is 6.62. The van der Waals surface area contributed by atoms with E-state index in [0.717, 1.165) is 6.04 Å². The lowest BCUT2D eigenvalue weighted by Gasteiger charge is -2.09. The van der Waals surface area contributed by atoms with Gasteiger partial charge < -0.3 is 0 Å². The first kappa shape index (κ1) is 8.09. The van der Waals surface area contributed by atoms with Crippen molar-refractivity contribution in [3.05, 3.63) is 6.08 Å². The van der Waals surface area contributed by atoms with Crippen molar-refractivity contribution in [3.8, 4) is 0 Å². The maximum atomic E-state index is 4.54. The van der Waals surface area contributed by atoms with E-state index < -0.39 is 8.07 Å². The molecule has 0 aromatic rings. The molecule has 0 atom stereocenters. The minimum atomic E-state index is -0.863. The molecule has 0 saturated heterocycles. The van der Waals surface area contributed by atoms with Crippen molar-refractivity contribution < 1.29 is 0 Å². The van der Waals surface area contributed by atoms with E-state index in [4.69, 9.17) is 0 Å². The molecule has 0 bridgehead atoms. The minimum Gasteiger partial charge on any atom is -0.0693 e. The molecule has 0 aliphatic heterocycles. The Morgan fingerprint density at radius 3 is 2.12 bits per heavy atom. The maximum absolute atomic E-state index is 4.54. The Balaban J connectivity index is 3.55. The molecular formula is C6H12SSi. The minimum absolute atomic E-state index is 0.863. The van der Waals surface area contributed by atoms with Gasteiger partial charge in [0.05, 0.1) is 0 Å². The summed E-state index contributed by atoms with van der Waals surface area (Å²) < 4.78 is 0. The molecule has 0 fully saturated rings. The molecule has 0 unspecified atom stereocenters. The van der Waals surface area contributed by atoms with Gasteiger partial charge in [-0.1, -0.05) is 24.7 Å². The molecule has 0 aromatic heterocycles. The molecule has 46 valence electrons. The van der Waals surface area contributed by atoms with Crippen LogP contribution >= 0.6 is 12.2 Å². The van der Waals surface area contributed by atoms with Crippen LogP contribution in [0.25, 0.3) is 0 Å². The molecule has 0 aliphatic carbocycles. The van der Waals surface area contributed by atoms with Crippen LogP contribution in [0, 0.1) is 0 Å². The topological polar surface area (TPSA) is 0 Å². The highest BCUT2D eigenvalue weighted by Crippen LogP contribution is 2.06. The van der Waals surface area contributed by atoms with Crippen LogP contribution in [0.15, 0.2) is 6.08 Å². The van der Waals surface area contributed by atoms with Gasteiger partial charge in [0.15, 0.2) is 0 Å². The van der Waals surface area contributed by atoms with Crippen LogP contribution in [-0.4, -0.2) is 13.1 Å². The van der Waals surface area contributed by atoms with Crippen LogP contribution in [-0.2, 0) is 0 Å². The average Bonchev–Trinajstić information content (AvgIpc) is 1.59. The van der Waals surface area contributed by atoms with E-state index in [9.17, 15) is 0 Å². The second-order valence-electron chi connectivity index (χ2n) is 3.09. The van der Waals surface area contributed by atoms with Gasteiger partial charge in [-0.3, -0.25) is 0 Å². The molecule has 0 aliphatic rings. The maximum Gasteiger partial charge on any atom is 0.0487 e. The molecule has 0 N–H and O–H groups in total. The van der Waals surface area contributed by atoms with E-state index in [1.165, 1.54) is 0 Å². The van der Waals surface area contributed by atoms with E-state index in [2.05, 4.69) is 36.9 Å². The fourth-order valence-electron chi connectivity index (χ4n) is 0.348. The highest BCUT2D eigenvalue weighted by atomic mass is 32.1. The van der Waals surface area contributed by atoms with Crippen LogP contribution < -0.4 is 0 Å². The van der Waals surface area contributed by atoms with Gasteiger partial charge in [-0.05, 0) is 24.3 Å². The Kier molecular flexibility index (Phi) is 3.21. The molecule has 0 aromatic carbocycles. The van der Waals surface area contributed by atoms with Crippen molar-refractivity contribution in [1.82, 2.24) is 0 Å². The van der Waals surface area contributed by atoms with Gasteiger partial charge >= 0.3 is 0 Å². The standard InChI is InChI=1S/C6H12SSi/c1-8(2,3)6-4-5-7/h4H,6H2,1-3H3. The molecule has 0 radical (unpaired) electrons. The number of rotatable bonds is 2. The lowest BCUT2D eigenvalue weighted by atomic mass is 10.8. The van der Waals surface area contributed by atoms with E-state index in [-0.39, 0.29) is 0 Å². The summed E-state index contributed by atoms with van der Waals surface area (Å²) in [6.07, 6.45) is 1.96. The Labute approximate surface area is 57.6 Å². The SMILES string of the molecule is C[Si](C)(C)CC=C=S. The van der Waals surface area contributed by atoms with E-state index in [1.54, 1.807) is 0 Å². The smallest absolute Gasteiger partial charge is 0.0487 e. The number of hydrogen-bond donors (Lipinski definition) is 0. The van der Waals surface area contributed by atoms with Gasteiger partial charge in [0.1, 0.15) is 0 Å². The van der Waals surface area contributed by atoms with Crippen LogP contribution in [0.3, 0.4) is 0 Å². The van der Waals surface area contributed by atoms with Gasteiger partial charge in [0, 0.05) is 8.07 Å². The van der Waals surface area contributed by atoms with Crippen LogP contribution in [0.4, 0.5) is 0 Å². The molecule has 0 rings (SSSR count). The van der Waals surface area contributed by atoms with Crippen molar-refractivity contribution >= 4 is 25.3 Å². The Bertz CT molecular complexity index is 106. The normalized spacial score (nSPS) is 10.4. The third-order valence-electron chi connectivity index (χ3n) is 0.798. The largest absolute Gasteiger partial charge is 0.0693 e. The zero-order valence-corrected chi connectivity index (χ0v) is 7.51. The summed E-state index contributed by atoms with van der Waals surface area (Å²) in [5.74, 6) is 0. The first-order valence-electron chi connectivity index (χ1n) is 2.75. The third-order valence-corrected chi connectivity index (χ3v) is 2.39. The second-order valence-corrected chi connectivity index (χ2v) is 8.85. The van der Waals surface area contributed by atoms with Crippen molar-refractivity contribution in [1.29, 1.82) is 0 Å². The van der Waals surface area contributed by atoms with Crippen LogP contribution in [0.2, 0.25) is 25.7 Å². The lowest BCUT2D eigenvalue weighted by Crippen LogP contribution is -2.17. The summed E-state index contributed by atoms with van der Waals surface area (Å²) in [7, 11) is -0.863. The van der Waals surface area contributed by atoms with Crippen molar-refractivity contribution in [3.63, 3.8) is 0 Å². The summed E-state index contributed by atoms with van der Waals surface area (Å²) in [5.41, 5.74) is 0. The van der Waals surface area contributed by atoms with E-state index >= 15 is 0 Å². The van der Waals surface area contributed by atoms with E-state index in [1.807, 2.05) is 6.08 Å². The Hall–Kier alpha value is 0.0869. The monoisotopic (exact) mass is 144 g/mol.